The van der Waals surface area contributed by atoms with E-state index in [1.54, 1.807) is 59.7 Å². The van der Waals surface area contributed by atoms with Crippen LogP contribution in [-0.4, -0.2) is 41.4 Å². The van der Waals surface area contributed by atoms with E-state index in [9.17, 15) is 9.00 Å². The maximum atomic E-state index is 13.7. The number of nitrogens with zero attached hydrogens (tertiary/aromatic N) is 5. The number of ether oxygens (including phenoxy) is 2. The molecule has 2 aromatic carbocycles. The van der Waals surface area contributed by atoms with Gasteiger partial charge in [0.15, 0.2) is 11.0 Å². The fourth-order valence-corrected chi connectivity index (χ4v) is 5.97. The highest BCUT2D eigenvalue weighted by molar-refractivity contribution is 7.83. The molecule has 44 heavy (non-hydrogen) atoms. The first-order valence-corrected chi connectivity index (χ1v) is 15.8. The largest absolute Gasteiger partial charge is 0.496 e. The van der Waals surface area contributed by atoms with Gasteiger partial charge in [-0.3, -0.25) is 19.1 Å². The van der Waals surface area contributed by atoms with Gasteiger partial charge >= 0.3 is 0 Å². The summed E-state index contributed by atoms with van der Waals surface area (Å²) in [7, 11) is 0.00238. The van der Waals surface area contributed by atoms with E-state index in [4.69, 9.17) is 26.1 Å². The highest BCUT2D eigenvalue weighted by atomic mass is 35.5. The van der Waals surface area contributed by atoms with Gasteiger partial charge in [0.05, 0.1) is 45.0 Å². The van der Waals surface area contributed by atoms with Crippen molar-refractivity contribution in [3.63, 3.8) is 0 Å². The van der Waals surface area contributed by atoms with Crippen molar-refractivity contribution in [3.8, 4) is 22.2 Å². The molecule has 224 valence electrons. The summed E-state index contributed by atoms with van der Waals surface area (Å²) in [6.07, 6.45) is 3.22. The summed E-state index contributed by atoms with van der Waals surface area (Å²) in [6.45, 7) is 4.16. The van der Waals surface area contributed by atoms with E-state index in [1.165, 1.54) is 6.20 Å². The summed E-state index contributed by atoms with van der Waals surface area (Å²) in [5.74, 6) is 0.0683. The monoisotopic (exact) mass is 646 g/mol. The first kappa shape index (κ1) is 30.8. The fraction of sp³-hybridized carbons (Fsp3) is 0.129. The lowest BCUT2D eigenvalue weighted by molar-refractivity contribution is 0.102. The number of nitrogens with one attached hydrogen (secondary N) is 1. The topological polar surface area (TPSA) is 121 Å². The number of hydrogen-bond donors (Lipinski definition) is 1. The Bertz CT molecular complexity index is 1910. The van der Waals surface area contributed by atoms with Crippen molar-refractivity contribution in [3.05, 3.63) is 108 Å². The molecule has 6 aromatic rings. The predicted octanol–water partition coefficient (Wildman–Crippen LogP) is 7.04. The number of hydrogen-bond acceptors (Lipinski definition) is 9. The molecule has 10 nitrogen and oxygen atoms in total. The Labute approximate surface area is 265 Å². The van der Waals surface area contributed by atoms with Crippen LogP contribution in [0.2, 0.25) is 5.02 Å². The normalized spacial score (nSPS) is 11.4. The number of aromatic nitrogens is 5. The fourth-order valence-electron chi connectivity index (χ4n) is 4.16. The third-order valence-electron chi connectivity index (χ3n) is 6.13. The van der Waals surface area contributed by atoms with Crippen LogP contribution in [0, 0.1) is 0 Å². The van der Waals surface area contributed by atoms with Gasteiger partial charge in [-0.25, -0.2) is 9.19 Å². The zero-order valence-corrected chi connectivity index (χ0v) is 26.3. The molecular weight excluding hydrogens is 620 g/mol. The Kier molecular flexibility index (Phi) is 9.95. The van der Waals surface area contributed by atoms with E-state index in [1.807, 2.05) is 50.2 Å². The standard InChI is InChI=1S/C29H21ClN6O4S2.C2H6/c1-39-25-10-6-5-9-21(25)26-22(15-24-23(32-26)13-14-36(24)42(38)20-7-3-2-4-8-20)27(37)33-28-34-35-29(41-28)40-17-19-12-11-18(30)16-31-19;1-2/h2-16H,17H2,1H3,(H,33,34,37);1-2H3. The number of para-hydroxylation sites is 1. The second-order valence-electron chi connectivity index (χ2n) is 8.78. The van der Waals surface area contributed by atoms with Crippen molar-refractivity contribution in [1.29, 1.82) is 0 Å². The van der Waals surface area contributed by atoms with Gasteiger partial charge in [-0.2, -0.15) is 0 Å². The van der Waals surface area contributed by atoms with E-state index in [0.717, 1.165) is 11.3 Å². The smallest absolute Gasteiger partial charge is 0.296 e. The summed E-state index contributed by atoms with van der Waals surface area (Å²) in [4.78, 5) is 23.4. The van der Waals surface area contributed by atoms with Gasteiger partial charge in [0.2, 0.25) is 5.13 Å². The molecule has 4 aromatic heterocycles. The van der Waals surface area contributed by atoms with Crippen LogP contribution >= 0.6 is 22.9 Å². The van der Waals surface area contributed by atoms with Crippen LogP contribution in [0.4, 0.5) is 5.13 Å². The summed E-state index contributed by atoms with van der Waals surface area (Å²) >= 11 is 6.95. The molecule has 0 aliphatic carbocycles. The lowest BCUT2D eigenvalue weighted by atomic mass is 10.0. The zero-order valence-electron chi connectivity index (χ0n) is 23.9. The SMILES string of the molecule is CC.COc1ccccc1-c1nc2ccn(S(=O)c3ccccc3)c2cc1C(=O)Nc1nnc(OCc2ccc(Cl)cn2)s1. The second kappa shape index (κ2) is 14.2. The van der Waals surface area contributed by atoms with Gasteiger partial charge < -0.3 is 9.47 Å². The summed E-state index contributed by atoms with van der Waals surface area (Å²) in [5.41, 5.74) is 3.02. The van der Waals surface area contributed by atoms with Gasteiger partial charge in [-0.15, -0.1) is 5.10 Å². The van der Waals surface area contributed by atoms with Crippen LogP contribution in [0.1, 0.15) is 29.9 Å². The van der Waals surface area contributed by atoms with E-state index in [0.29, 0.717) is 43.7 Å². The lowest BCUT2D eigenvalue weighted by Gasteiger charge is -2.13. The highest BCUT2D eigenvalue weighted by Crippen LogP contribution is 2.34. The number of methoxy groups -OCH3 is 1. The average Bonchev–Trinajstić information content (AvgIpc) is 3.71. The zero-order chi connectivity index (χ0) is 31.1. The minimum Gasteiger partial charge on any atom is -0.496 e. The molecule has 0 bridgehead atoms. The van der Waals surface area contributed by atoms with Crippen LogP contribution in [0.3, 0.4) is 0 Å². The van der Waals surface area contributed by atoms with Gasteiger partial charge in [0, 0.05) is 18.0 Å². The Morgan fingerprint density at radius 2 is 1.80 bits per heavy atom. The number of benzene rings is 2. The average molecular weight is 647 g/mol. The molecule has 0 aliphatic heterocycles. The predicted molar refractivity (Wildman–Crippen MR) is 173 cm³/mol. The van der Waals surface area contributed by atoms with Crippen molar-refractivity contribution in [2.75, 3.05) is 12.4 Å². The van der Waals surface area contributed by atoms with E-state index in [2.05, 4.69) is 20.5 Å². The Balaban J connectivity index is 0.00000188. The number of fused-ring (bicyclic) bond motifs is 1. The van der Waals surface area contributed by atoms with E-state index < -0.39 is 16.9 Å². The number of amides is 1. The highest BCUT2D eigenvalue weighted by Gasteiger charge is 2.22. The minimum absolute atomic E-state index is 0.161. The first-order chi connectivity index (χ1) is 21.5. The van der Waals surface area contributed by atoms with Gasteiger partial charge in [-0.1, -0.05) is 60.9 Å². The van der Waals surface area contributed by atoms with Crippen LogP contribution in [-0.2, 0) is 17.6 Å². The van der Waals surface area contributed by atoms with Crippen molar-refractivity contribution in [2.45, 2.75) is 25.3 Å². The third-order valence-corrected chi connectivity index (χ3v) is 8.45. The van der Waals surface area contributed by atoms with Crippen molar-refractivity contribution in [2.24, 2.45) is 0 Å². The molecule has 0 spiro atoms. The third kappa shape index (κ3) is 6.77. The molecule has 1 unspecified atom stereocenters. The molecule has 4 heterocycles. The Morgan fingerprint density at radius 1 is 1.02 bits per heavy atom. The first-order valence-electron chi connectivity index (χ1n) is 13.5. The van der Waals surface area contributed by atoms with Crippen LogP contribution < -0.4 is 14.8 Å². The van der Waals surface area contributed by atoms with E-state index in [-0.39, 0.29) is 22.5 Å². The van der Waals surface area contributed by atoms with Crippen molar-refractivity contribution < 1.29 is 18.5 Å². The minimum atomic E-state index is -1.55. The summed E-state index contributed by atoms with van der Waals surface area (Å²) < 4.78 is 26.2. The maximum absolute atomic E-state index is 13.7. The van der Waals surface area contributed by atoms with Crippen LogP contribution in [0.25, 0.3) is 22.3 Å². The number of rotatable bonds is 9. The summed E-state index contributed by atoms with van der Waals surface area (Å²) in [5, 5.41) is 11.9. The molecule has 1 N–H and O–H groups in total. The number of anilines is 1. The molecule has 0 radical (unpaired) electrons. The molecule has 13 heteroatoms. The number of carbonyl (C=O) groups excluding carboxylic acids is 1. The maximum Gasteiger partial charge on any atom is 0.296 e. The molecule has 0 fully saturated rings. The second-order valence-corrected chi connectivity index (χ2v) is 11.5. The van der Waals surface area contributed by atoms with Gasteiger partial charge in [0.25, 0.3) is 11.1 Å². The van der Waals surface area contributed by atoms with Gasteiger partial charge in [0.1, 0.15) is 12.4 Å². The summed E-state index contributed by atoms with van der Waals surface area (Å²) in [6, 6.07) is 23.3. The lowest BCUT2D eigenvalue weighted by Crippen LogP contribution is -2.15. The molecular formula is C31H27ClN6O4S2. The molecule has 1 amide bonds. The number of carbonyl (C=O) groups is 1. The quantitative estimate of drug-likeness (QED) is 0.178. The van der Waals surface area contributed by atoms with Crippen molar-refractivity contribution in [1.82, 2.24) is 24.1 Å². The molecule has 0 aliphatic rings. The van der Waals surface area contributed by atoms with Crippen molar-refractivity contribution >= 4 is 56.0 Å². The Hall–Kier alpha value is -4.65. The number of pyridine rings is 2. The molecule has 1 atom stereocenters. The van der Waals surface area contributed by atoms with Gasteiger partial charge in [-0.05, 0) is 59.9 Å². The Morgan fingerprint density at radius 3 is 2.55 bits per heavy atom. The molecule has 6 rings (SSSR count). The van der Waals surface area contributed by atoms with Crippen LogP contribution in [0.5, 0.6) is 10.9 Å². The molecule has 0 saturated heterocycles. The number of halogens is 1. The molecule has 0 saturated carbocycles. The van der Waals surface area contributed by atoms with E-state index >= 15 is 0 Å². The van der Waals surface area contributed by atoms with Crippen LogP contribution in [0.15, 0.2) is 96.2 Å².